The van der Waals surface area contributed by atoms with Gasteiger partial charge in [0.25, 0.3) is 5.91 Å². The van der Waals surface area contributed by atoms with E-state index in [9.17, 15) is 4.79 Å². The van der Waals surface area contributed by atoms with E-state index in [1.54, 1.807) is 23.9 Å². The fourth-order valence-electron chi connectivity index (χ4n) is 2.98. The molecule has 3 rings (SSSR count). The van der Waals surface area contributed by atoms with Gasteiger partial charge in [-0.15, -0.1) is 0 Å². The lowest BCUT2D eigenvalue weighted by Gasteiger charge is -2.32. The summed E-state index contributed by atoms with van der Waals surface area (Å²) in [5, 5.41) is 3.77. The number of furan rings is 1. The second kappa shape index (κ2) is 8.30. The maximum Gasteiger partial charge on any atom is 0.286 e. The fourth-order valence-corrected chi connectivity index (χ4v) is 3.30. The van der Waals surface area contributed by atoms with Crippen molar-refractivity contribution >= 4 is 17.7 Å². The van der Waals surface area contributed by atoms with Gasteiger partial charge in [0.15, 0.2) is 10.9 Å². The van der Waals surface area contributed by atoms with E-state index in [1.165, 1.54) is 6.26 Å². The summed E-state index contributed by atoms with van der Waals surface area (Å²) in [7, 11) is 0. The van der Waals surface area contributed by atoms with E-state index in [-0.39, 0.29) is 5.91 Å². The predicted octanol–water partition coefficient (Wildman–Crippen LogP) is 2.43. The van der Waals surface area contributed by atoms with Gasteiger partial charge in [-0.2, -0.15) is 0 Å². The van der Waals surface area contributed by atoms with Gasteiger partial charge >= 0.3 is 0 Å². The van der Waals surface area contributed by atoms with Crippen LogP contribution < -0.4 is 5.32 Å². The Morgan fingerprint density at radius 1 is 1.46 bits per heavy atom. The first kappa shape index (κ1) is 17.0. The Kier molecular flexibility index (Phi) is 5.87. The lowest BCUT2D eigenvalue weighted by atomic mass is 9.97. The molecule has 1 aliphatic heterocycles. The minimum atomic E-state index is -0.141. The first-order valence-electron chi connectivity index (χ1n) is 8.13. The Morgan fingerprint density at radius 2 is 2.29 bits per heavy atom. The summed E-state index contributed by atoms with van der Waals surface area (Å²) in [6.45, 7) is 3.59. The molecule has 7 heteroatoms. The van der Waals surface area contributed by atoms with Gasteiger partial charge in [-0.25, -0.2) is 9.97 Å². The maximum absolute atomic E-state index is 11.9. The number of aromatic nitrogens is 2. The topological polar surface area (TPSA) is 71.3 Å². The molecule has 6 nitrogen and oxygen atoms in total. The van der Waals surface area contributed by atoms with Gasteiger partial charge in [0, 0.05) is 37.6 Å². The number of piperidine rings is 1. The van der Waals surface area contributed by atoms with E-state index in [0.717, 1.165) is 43.2 Å². The Balaban J connectivity index is 1.47. The number of nitrogens with zero attached hydrogens (tertiary/aromatic N) is 3. The van der Waals surface area contributed by atoms with Crippen molar-refractivity contribution in [2.75, 3.05) is 25.9 Å². The number of likely N-dealkylation sites (tertiary alicyclic amines) is 1. The second-order valence-electron chi connectivity index (χ2n) is 6.01. The first-order chi connectivity index (χ1) is 11.7. The number of thioether (sulfide) groups is 1. The second-order valence-corrected chi connectivity index (χ2v) is 6.78. The van der Waals surface area contributed by atoms with Crippen LogP contribution in [0.15, 0.2) is 40.4 Å². The summed E-state index contributed by atoms with van der Waals surface area (Å²) in [6, 6.07) is 3.41. The molecule has 2 aromatic rings. The zero-order chi connectivity index (χ0) is 16.8. The third-order valence-electron chi connectivity index (χ3n) is 4.17. The highest BCUT2D eigenvalue weighted by atomic mass is 32.2. The van der Waals surface area contributed by atoms with Gasteiger partial charge in [0.05, 0.1) is 6.26 Å². The zero-order valence-electron chi connectivity index (χ0n) is 13.8. The normalized spacial score (nSPS) is 18.5. The lowest BCUT2D eigenvalue weighted by Crippen LogP contribution is -2.40. The average molecular weight is 346 g/mol. The molecule has 0 spiro atoms. The lowest BCUT2D eigenvalue weighted by molar-refractivity contribution is 0.0903. The molecule has 3 heterocycles. The summed E-state index contributed by atoms with van der Waals surface area (Å²) in [5.41, 5.74) is 1.13. The molecule has 0 aromatic carbocycles. The molecule has 0 bridgehead atoms. The van der Waals surface area contributed by atoms with Gasteiger partial charge in [0.1, 0.15) is 0 Å². The largest absolute Gasteiger partial charge is 0.459 e. The van der Waals surface area contributed by atoms with Gasteiger partial charge in [0.2, 0.25) is 0 Å². The highest BCUT2D eigenvalue weighted by Gasteiger charge is 2.21. The predicted molar refractivity (Wildman–Crippen MR) is 92.9 cm³/mol. The third-order valence-corrected chi connectivity index (χ3v) is 4.75. The van der Waals surface area contributed by atoms with Crippen LogP contribution in [0.1, 0.15) is 29.0 Å². The molecule has 0 radical (unpaired) electrons. The average Bonchev–Trinajstić information content (AvgIpc) is 3.15. The number of nitrogens with one attached hydrogen (secondary N) is 1. The quantitative estimate of drug-likeness (QED) is 0.640. The van der Waals surface area contributed by atoms with Gasteiger partial charge < -0.3 is 9.73 Å². The Bertz CT molecular complexity index is 645. The van der Waals surface area contributed by atoms with E-state index < -0.39 is 0 Å². The summed E-state index contributed by atoms with van der Waals surface area (Å²) in [4.78, 5) is 23.0. The smallest absolute Gasteiger partial charge is 0.286 e. The number of rotatable bonds is 6. The van der Waals surface area contributed by atoms with Crippen molar-refractivity contribution in [2.45, 2.75) is 24.5 Å². The van der Waals surface area contributed by atoms with Crippen LogP contribution in [0.2, 0.25) is 0 Å². The van der Waals surface area contributed by atoms with E-state index in [2.05, 4.69) is 20.2 Å². The van der Waals surface area contributed by atoms with Crippen molar-refractivity contribution in [3.05, 3.63) is 42.1 Å². The van der Waals surface area contributed by atoms with Crippen LogP contribution in [-0.4, -0.2) is 46.7 Å². The van der Waals surface area contributed by atoms with Crippen LogP contribution >= 0.6 is 11.8 Å². The molecular formula is C17H22N4O2S. The zero-order valence-corrected chi connectivity index (χ0v) is 14.6. The van der Waals surface area contributed by atoms with Gasteiger partial charge in [-0.05, 0) is 43.7 Å². The van der Waals surface area contributed by atoms with Crippen LogP contribution in [0.4, 0.5) is 0 Å². The molecule has 1 atom stereocenters. The van der Waals surface area contributed by atoms with Gasteiger partial charge in [-0.1, -0.05) is 11.8 Å². The maximum atomic E-state index is 11.9. The molecule has 0 unspecified atom stereocenters. The molecule has 1 fully saturated rings. The fraction of sp³-hybridized carbons (Fsp3) is 0.471. The number of carbonyl (C=O) groups is 1. The van der Waals surface area contributed by atoms with Crippen molar-refractivity contribution in [1.29, 1.82) is 0 Å². The highest BCUT2D eigenvalue weighted by molar-refractivity contribution is 7.98. The van der Waals surface area contributed by atoms with Crippen molar-refractivity contribution in [1.82, 2.24) is 20.2 Å². The molecule has 1 saturated heterocycles. The van der Waals surface area contributed by atoms with Crippen molar-refractivity contribution in [3.63, 3.8) is 0 Å². The van der Waals surface area contributed by atoms with Gasteiger partial charge in [-0.3, -0.25) is 9.69 Å². The van der Waals surface area contributed by atoms with Crippen LogP contribution in [0.5, 0.6) is 0 Å². The van der Waals surface area contributed by atoms with Crippen LogP contribution in [0.25, 0.3) is 0 Å². The van der Waals surface area contributed by atoms with Crippen LogP contribution in [0.3, 0.4) is 0 Å². The standard InChI is InChI=1S/C17H22N4O2S/c1-24-17-19-9-14(10-20-17)12-21-6-2-4-13(11-21)8-18-16(22)15-5-3-7-23-15/h3,5,7,9-10,13H,2,4,6,8,11-12H2,1H3,(H,18,22)/t13-/m0/s1. The summed E-state index contributed by atoms with van der Waals surface area (Å²) < 4.78 is 5.12. The van der Waals surface area contributed by atoms with E-state index in [4.69, 9.17) is 4.42 Å². The minimum absolute atomic E-state index is 0.141. The van der Waals surface area contributed by atoms with E-state index >= 15 is 0 Å². The number of hydrogen-bond donors (Lipinski definition) is 1. The summed E-state index contributed by atoms with van der Waals surface area (Å²) in [6.07, 6.45) is 9.58. The molecule has 1 amide bonds. The van der Waals surface area contributed by atoms with Crippen molar-refractivity contribution in [3.8, 4) is 0 Å². The molecule has 1 N–H and O–H groups in total. The molecule has 24 heavy (non-hydrogen) atoms. The Labute approximate surface area is 146 Å². The minimum Gasteiger partial charge on any atom is -0.459 e. The molecular weight excluding hydrogens is 324 g/mol. The molecule has 128 valence electrons. The molecule has 0 aliphatic carbocycles. The van der Waals surface area contributed by atoms with Crippen molar-refractivity contribution in [2.24, 2.45) is 5.92 Å². The number of amides is 1. The third kappa shape index (κ3) is 4.58. The molecule has 1 aliphatic rings. The molecule has 2 aromatic heterocycles. The summed E-state index contributed by atoms with van der Waals surface area (Å²) in [5.74, 6) is 0.691. The number of hydrogen-bond acceptors (Lipinski definition) is 6. The summed E-state index contributed by atoms with van der Waals surface area (Å²) >= 11 is 1.55. The van der Waals surface area contributed by atoms with Crippen LogP contribution in [0, 0.1) is 5.92 Å². The number of carbonyl (C=O) groups excluding carboxylic acids is 1. The van der Waals surface area contributed by atoms with E-state index in [0.29, 0.717) is 18.2 Å². The van der Waals surface area contributed by atoms with Crippen LogP contribution in [-0.2, 0) is 6.54 Å². The highest BCUT2D eigenvalue weighted by Crippen LogP contribution is 2.18. The Morgan fingerprint density at radius 3 is 3.00 bits per heavy atom. The molecule has 0 saturated carbocycles. The van der Waals surface area contributed by atoms with E-state index in [1.807, 2.05) is 18.6 Å². The Hall–Kier alpha value is -1.86. The SMILES string of the molecule is CSc1ncc(CN2CCC[C@@H](CNC(=O)c3ccco3)C2)cn1. The monoisotopic (exact) mass is 346 g/mol. The van der Waals surface area contributed by atoms with Crippen molar-refractivity contribution < 1.29 is 9.21 Å². The first-order valence-corrected chi connectivity index (χ1v) is 9.36.